The van der Waals surface area contributed by atoms with E-state index in [1.54, 1.807) is 34.4 Å². The summed E-state index contributed by atoms with van der Waals surface area (Å²) in [7, 11) is 0. The van der Waals surface area contributed by atoms with Gasteiger partial charge in [0.15, 0.2) is 5.58 Å². The Balaban J connectivity index is 1.23. The summed E-state index contributed by atoms with van der Waals surface area (Å²) >= 11 is 0. The summed E-state index contributed by atoms with van der Waals surface area (Å²) < 4.78 is 5.42. The van der Waals surface area contributed by atoms with Crippen molar-refractivity contribution in [2.45, 2.75) is 38.1 Å². The van der Waals surface area contributed by atoms with Crippen molar-refractivity contribution in [3.05, 3.63) is 53.5 Å². The first-order chi connectivity index (χ1) is 16.1. The molecule has 9 nitrogen and oxygen atoms in total. The lowest BCUT2D eigenvalue weighted by Gasteiger charge is -2.27. The van der Waals surface area contributed by atoms with Gasteiger partial charge in [0.2, 0.25) is 0 Å². The van der Waals surface area contributed by atoms with Gasteiger partial charge >= 0.3 is 12.0 Å². The highest BCUT2D eigenvalue weighted by atomic mass is 16.4. The van der Waals surface area contributed by atoms with E-state index in [1.165, 1.54) is 5.56 Å². The van der Waals surface area contributed by atoms with Crippen LogP contribution < -0.4 is 5.32 Å². The Hall–Kier alpha value is -3.62. The number of carbonyl (C=O) groups excluding carboxylic acids is 1. The predicted molar refractivity (Wildman–Crippen MR) is 122 cm³/mol. The Morgan fingerprint density at radius 1 is 1.27 bits per heavy atom. The van der Waals surface area contributed by atoms with E-state index in [1.807, 2.05) is 0 Å². The molecule has 1 saturated heterocycles. The number of carboxylic acids is 1. The third-order valence-electron chi connectivity index (χ3n) is 6.39. The molecule has 1 fully saturated rings. The van der Waals surface area contributed by atoms with Gasteiger partial charge in [0.05, 0.1) is 18.7 Å². The number of urea groups is 1. The fraction of sp³-hybridized carbons (Fsp3) is 0.417. The van der Waals surface area contributed by atoms with Gasteiger partial charge in [-0.15, -0.1) is 0 Å². The number of hydrogen-bond acceptors (Lipinski definition) is 6. The van der Waals surface area contributed by atoms with Crippen molar-refractivity contribution in [3.63, 3.8) is 0 Å². The van der Waals surface area contributed by atoms with E-state index in [4.69, 9.17) is 9.40 Å². The van der Waals surface area contributed by atoms with Crippen molar-refractivity contribution < 1.29 is 19.1 Å². The molecule has 172 valence electrons. The van der Waals surface area contributed by atoms with Gasteiger partial charge < -0.3 is 24.6 Å². The molecule has 1 atom stereocenters. The highest BCUT2D eigenvalue weighted by molar-refractivity contribution is 5.79. The standard InChI is InChI=1S/C24H27N5O4/c30-22(31)14-20(17-13-21-19(26-15-17)7-12-33-21)29-11-10-28(24(29)32)9-2-4-18-6-5-16-3-1-8-25-23(16)27-18/h5-7,12-13,15,20H,1-4,8-11,14H2,(H,25,27)(H,30,31)/t20-/m0/s1. The van der Waals surface area contributed by atoms with Gasteiger partial charge in [0.1, 0.15) is 11.3 Å². The van der Waals surface area contributed by atoms with Crippen LogP contribution in [0.1, 0.15) is 42.1 Å². The molecule has 0 bridgehead atoms. The minimum absolute atomic E-state index is 0.138. The third kappa shape index (κ3) is 4.48. The van der Waals surface area contributed by atoms with E-state index in [9.17, 15) is 14.7 Å². The maximum Gasteiger partial charge on any atom is 0.320 e. The van der Waals surface area contributed by atoms with Crippen LogP contribution in [0.15, 0.2) is 41.1 Å². The van der Waals surface area contributed by atoms with E-state index in [0.29, 0.717) is 36.3 Å². The Morgan fingerprint density at radius 2 is 2.18 bits per heavy atom. The largest absolute Gasteiger partial charge is 0.481 e. The molecular formula is C24H27N5O4. The SMILES string of the molecule is O=C(O)C[C@@H](c1cnc2ccoc2c1)N1CCN(CCCc2ccc3c(n2)NCCC3)C1=O. The van der Waals surface area contributed by atoms with Gasteiger partial charge in [0.25, 0.3) is 0 Å². The summed E-state index contributed by atoms with van der Waals surface area (Å²) in [5, 5.41) is 12.8. The summed E-state index contributed by atoms with van der Waals surface area (Å²) in [5.74, 6) is 0.0266. The Kier molecular flexibility index (Phi) is 5.85. The Morgan fingerprint density at radius 3 is 3.06 bits per heavy atom. The maximum absolute atomic E-state index is 13.1. The molecule has 5 heterocycles. The first kappa shape index (κ1) is 21.2. The number of hydrogen-bond donors (Lipinski definition) is 2. The molecule has 0 spiro atoms. The van der Waals surface area contributed by atoms with Crippen molar-refractivity contribution in [2.75, 3.05) is 31.5 Å². The number of aliphatic carboxylic acids is 1. The number of pyridine rings is 2. The van der Waals surface area contributed by atoms with Crippen LogP contribution in [0.2, 0.25) is 0 Å². The number of anilines is 1. The Labute approximate surface area is 191 Å². The van der Waals surface area contributed by atoms with Crippen molar-refractivity contribution in [2.24, 2.45) is 0 Å². The van der Waals surface area contributed by atoms with Gasteiger partial charge in [-0.2, -0.15) is 0 Å². The summed E-state index contributed by atoms with van der Waals surface area (Å²) in [6.45, 7) is 2.62. The van der Waals surface area contributed by atoms with Gasteiger partial charge in [-0.25, -0.2) is 9.78 Å². The molecule has 0 unspecified atom stereocenters. The smallest absolute Gasteiger partial charge is 0.320 e. The molecule has 0 aliphatic carbocycles. The van der Waals surface area contributed by atoms with Gasteiger partial charge in [-0.1, -0.05) is 6.07 Å². The summed E-state index contributed by atoms with van der Waals surface area (Å²) in [6, 6.07) is 7.03. The predicted octanol–water partition coefficient (Wildman–Crippen LogP) is 3.47. The summed E-state index contributed by atoms with van der Waals surface area (Å²) in [4.78, 5) is 37.2. The fourth-order valence-electron chi connectivity index (χ4n) is 4.67. The molecule has 2 aliphatic heterocycles. The Bertz CT molecular complexity index is 1180. The van der Waals surface area contributed by atoms with E-state index >= 15 is 0 Å². The molecule has 2 aliphatic rings. The van der Waals surface area contributed by atoms with Crippen LogP contribution in [0.3, 0.4) is 0 Å². The first-order valence-electron chi connectivity index (χ1n) is 11.4. The molecule has 5 rings (SSSR count). The number of carboxylic acid groups (broad SMARTS) is 1. The summed E-state index contributed by atoms with van der Waals surface area (Å²) in [5.41, 5.74) is 4.24. The number of aryl methyl sites for hydroxylation is 2. The lowest BCUT2D eigenvalue weighted by Crippen LogP contribution is -2.36. The van der Waals surface area contributed by atoms with Crippen LogP contribution in [-0.4, -0.2) is 63.1 Å². The van der Waals surface area contributed by atoms with E-state index in [2.05, 4.69) is 22.4 Å². The zero-order chi connectivity index (χ0) is 22.8. The first-order valence-corrected chi connectivity index (χ1v) is 11.4. The van der Waals surface area contributed by atoms with Gasteiger partial charge in [-0.05, 0) is 48.9 Å². The molecule has 33 heavy (non-hydrogen) atoms. The van der Waals surface area contributed by atoms with E-state index < -0.39 is 12.0 Å². The number of carbonyl (C=O) groups is 2. The van der Waals surface area contributed by atoms with Crippen LogP contribution in [0.4, 0.5) is 10.6 Å². The zero-order valence-electron chi connectivity index (χ0n) is 18.4. The van der Waals surface area contributed by atoms with Crippen LogP contribution in [-0.2, 0) is 17.6 Å². The highest BCUT2D eigenvalue weighted by Gasteiger charge is 2.35. The van der Waals surface area contributed by atoms with Crippen molar-refractivity contribution >= 4 is 28.9 Å². The van der Waals surface area contributed by atoms with Gasteiger partial charge in [0, 0.05) is 44.1 Å². The minimum atomic E-state index is -0.960. The second kappa shape index (κ2) is 9.09. The number of aromatic nitrogens is 2. The lowest BCUT2D eigenvalue weighted by molar-refractivity contribution is -0.138. The van der Waals surface area contributed by atoms with E-state index in [-0.39, 0.29) is 12.5 Å². The maximum atomic E-state index is 13.1. The van der Waals surface area contributed by atoms with E-state index in [0.717, 1.165) is 43.7 Å². The number of nitrogens with one attached hydrogen (secondary N) is 1. The molecule has 3 aromatic rings. The normalized spacial score (nSPS) is 16.7. The molecule has 2 N–H and O–H groups in total. The second-order valence-corrected chi connectivity index (χ2v) is 8.59. The van der Waals surface area contributed by atoms with Crippen molar-refractivity contribution in [1.82, 2.24) is 19.8 Å². The third-order valence-corrected chi connectivity index (χ3v) is 6.39. The quantitative estimate of drug-likeness (QED) is 0.542. The number of furan rings is 1. The fourth-order valence-corrected chi connectivity index (χ4v) is 4.67. The molecule has 2 amide bonds. The van der Waals surface area contributed by atoms with Gasteiger partial charge in [-0.3, -0.25) is 9.78 Å². The van der Waals surface area contributed by atoms with Crippen molar-refractivity contribution in [3.8, 4) is 0 Å². The number of amides is 2. The molecule has 0 saturated carbocycles. The monoisotopic (exact) mass is 449 g/mol. The molecule has 9 heteroatoms. The van der Waals surface area contributed by atoms with Crippen LogP contribution >= 0.6 is 0 Å². The zero-order valence-corrected chi connectivity index (χ0v) is 18.4. The summed E-state index contributed by atoms with van der Waals surface area (Å²) in [6.07, 6.45) is 6.79. The minimum Gasteiger partial charge on any atom is -0.481 e. The lowest BCUT2D eigenvalue weighted by atomic mass is 10.0. The molecule has 0 aromatic carbocycles. The average Bonchev–Trinajstić information content (AvgIpc) is 3.43. The van der Waals surface area contributed by atoms with Crippen LogP contribution in [0.5, 0.6) is 0 Å². The number of fused-ring (bicyclic) bond motifs is 2. The molecular weight excluding hydrogens is 422 g/mol. The topological polar surface area (TPSA) is 112 Å². The van der Waals surface area contributed by atoms with Crippen LogP contribution in [0.25, 0.3) is 11.1 Å². The van der Waals surface area contributed by atoms with Crippen LogP contribution in [0, 0.1) is 0 Å². The molecule has 3 aromatic heterocycles. The van der Waals surface area contributed by atoms with Crippen molar-refractivity contribution in [1.29, 1.82) is 0 Å². The second-order valence-electron chi connectivity index (χ2n) is 8.59. The number of nitrogens with zero attached hydrogens (tertiary/aromatic N) is 4. The number of rotatable bonds is 8. The molecule has 0 radical (unpaired) electrons. The average molecular weight is 450 g/mol. The highest BCUT2D eigenvalue weighted by Crippen LogP contribution is 2.30.